The van der Waals surface area contributed by atoms with Crippen LogP contribution in [0.2, 0.25) is 0 Å². The van der Waals surface area contributed by atoms with Gasteiger partial charge in [0.25, 0.3) is 11.6 Å². The first-order chi connectivity index (χ1) is 18.2. The van der Waals surface area contributed by atoms with Crippen LogP contribution >= 0.6 is 15.9 Å². The Bertz CT molecular complexity index is 1470. The van der Waals surface area contributed by atoms with Crippen LogP contribution in [0.3, 0.4) is 0 Å². The van der Waals surface area contributed by atoms with Crippen molar-refractivity contribution in [1.82, 2.24) is 5.06 Å². The zero-order chi connectivity index (χ0) is 27.1. The highest BCUT2D eigenvalue weighted by Gasteiger charge is 2.60. The maximum absolute atomic E-state index is 13.7. The summed E-state index contributed by atoms with van der Waals surface area (Å²) in [5, 5.41) is 13.2. The summed E-state index contributed by atoms with van der Waals surface area (Å²) in [6.45, 7) is -0.158. The molecule has 2 saturated heterocycles. The van der Waals surface area contributed by atoms with Crippen molar-refractivity contribution < 1.29 is 28.9 Å². The Labute approximate surface area is 224 Å². The van der Waals surface area contributed by atoms with Crippen LogP contribution in [0.4, 0.5) is 11.4 Å². The molecule has 3 aromatic rings. The van der Waals surface area contributed by atoms with Crippen molar-refractivity contribution in [2.24, 2.45) is 11.7 Å². The number of anilines is 1. The van der Waals surface area contributed by atoms with Crippen molar-refractivity contribution in [1.29, 1.82) is 0 Å². The summed E-state index contributed by atoms with van der Waals surface area (Å²) in [5.41, 5.74) is 6.12. The number of nitrogens with two attached hydrogens (primary N) is 1. The lowest BCUT2D eigenvalue weighted by Gasteiger charge is -2.28. The van der Waals surface area contributed by atoms with Crippen LogP contribution in [0.25, 0.3) is 0 Å². The summed E-state index contributed by atoms with van der Waals surface area (Å²) in [6.07, 6.45) is -1.15. The molecule has 2 heterocycles. The van der Waals surface area contributed by atoms with Crippen LogP contribution in [0.1, 0.15) is 27.5 Å². The van der Waals surface area contributed by atoms with E-state index in [0.717, 1.165) is 11.0 Å². The SMILES string of the molecule is COc1ccc(Br)cc1C1C2C(=O)N(c3ccccc3)C(=O)C2ON1Cc1ccc(C(N)=O)cc1[N+](=O)[O-]. The standard InChI is InChI=1S/C26H21BrN4O7/c1-37-20-10-9-16(27)12-18(20)22-21-23(26(34)30(25(21)33)17-5-3-2-4-6-17)38-29(22)13-15-8-7-14(24(28)32)11-19(15)31(35)36/h2-12,21-23H,13H2,1H3,(H2,28,32). The summed E-state index contributed by atoms with van der Waals surface area (Å²) in [5.74, 6) is -2.30. The van der Waals surface area contributed by atoms with Gasteiger partial charge in [-0.3, -0.25) is 29.3 Å². The molecule has 0 aromatic heterocycles. The predicted molar refractivity (Wildman–Crippen MR) is 138 cm³/mol. The number of primary amides is 1. The molecule has 3 amide bonds. The number of methoxy groups -OCH3 is 1. The number of ether oxygens (including phenoxy) is 1. The van der Waals surface area contributed by atoms with Crippen molar-refractivity contribution in [3.8, 4) is 5.75 Å². The minimum Gasteiger partial charge on any atom is -0.496 e. The molecule has 2 aliphatic heterocycles. The molecule has 2 N–H and O–H groups in total. The number of para-hydroxylation sites is 1. The fourth-order valence-electron chi connectivity index (χ4n) is 4.91. The van der Waals surface area contributed by atoms with E-state index in [1.54, 1.807) is 48.5 Å². The molecule has 5 rings (SSSR count). The summed E-state index contributed by atoms with van der Waals surface area (Å²) < 4.78 is 6.26. The van der Waals surface area contributed by atoms with E-state index in [4.69, 9.17) is 15.3 Å². The first kappa shape index (κ1) is 25.5. The van der Waals surface area contributed by atoms with Crippen LogP contribution in [-0.2, 0) is 21.0 Å². The lowest BCUT2D eigenvalue weighted by atomic mass is 9.90. The Hall–Kier alpha value is -4.13. The lowest BCUT2D eigenvalue weighted by molar-refractivity contribution is -0.386. The predicted octanol–water partition coefficient (Wildman–Crippen LogP) is 3.51. The number of halogens is 1. The van der Waals surface area contributed by atoms with E-state index in [9.17, 15) is 24.5 Å². The third-order valence-corrected chi connectivity index (χ3v) is 7.11. The molecule has 2 aliphatic rings. The Morgan fingerprint density at radius 3 is 2.50 bits per heavy atom. The highest BCUT2D eigenvalue weighted by atomic mass is 79.9. The zero-order valence-electron chi connectivity index (χ0n) is 19.9. The second kappa shape index (κ2) is 9.97. The summed E-state index contributed by atoms with van der Waals surface area (Å²) in [7, 11) is 1.48. The number of carbonyl (C=O) groups excluding carboxylic acids is 3. The molecule has 3 atom stereocenters. The Morgan fingerprint density at radius 1 is 1.11 bits per heavy atom. The van der Waals surface area contributed by atoms with Crippen LogP contribution < -0.4 is 15.4 Å². The van der Waals surface area contributed by atoms with Crippen LogP contribution in [0.15, 0.2) is 71.2 Å². The van der Waals surface area contributed by atoms with Gasteiger partial charge in [0.1, 0.15) is 5.75 Å². The molecule has 194 valence electrons. The van der Waals surface area contributed by atoms with Gasteiger partial charge in [0.15, 0.2) is 6.10 Å². The molecule has 0 aliphatic carbocycles. The van der Waals surface area contributed by atoms with Crippen LogP contribution in [-0.4, -0.2) is 40.9 Å². The topological polar surface area (TPSA) is 145 Å². The molecule has 3 unspecified atom stereocenters. The number of hydrogen-bond donors (Lipinski definition) is 1. The highest BCUT2D eigenvalue weighted by Crippen LogP contribution is 2.49. The second-order valence-electron chi connectivity index (χ2n) is 8.77. The minimum absolute atomic E-state index is 0.0197. The van der Waals surface area contributed by atoms with Gasteiger partial charge in [0.2, 0.25) is 11.8 Å². The number of benzene rings is 3. The second-order valence-corrected chi connectivity index (χ2v) is 9.69. The number of imide groups is 1. The Balaban J connectivity index is 1.60. The van der Waals surface area contributed by atoms with Gasteiger partial charge in [-0.05, 0) is 42.5 Å². The quantitative estimate of drug-likeness (QED) is 0.254. The van der Waals surface area contributed by atoms with E-state index in [1.165, 1.54) is 24.3 Å². The summed E-state index contributed by atoms with van der Waals surface area (Å²) in [4.78, 5) is 57.2. The number of nitro benzene ring substituents is 1. The van der Waals surface area contributed by atoms with E-state index >= 15 is 0 Å². The fraction of sp³-hybridized carbons (Fsp3) is 0.192. The van der Waals surface area contributed by atoms with Gasteiger partial charge in [0.05, 0.1) is 36.2 Å². The van der Waals surface area contributed by atoms with E-state index in [-0.39, 0.29) is 23.4 Å². The highest BCUT2D eigenvalue weighted by molar-refractivity contribution is 9.10. The monoisotopic (exact) mass is 580 g/mol. The minimum atomic E-state index is -1.15. The number of nitrogens with zero attached hydrogens (tertiary/aromatic N) is 3. The fourth-order valence-corrected chi connectivity index (χ4v) is 5.29. The van der Waals surface area contributed by atoms with Crippen molar-refractivity contribution >= 4 is 45.0 Å². The maximum atomic E-state index is 13.7. The summed E-state index contributed by atoms with van der Waals surface area (Å²) >= 11 is 3.45. The molecular weight excluding hydrogens is 560 g/mol. The van der Waals surface area contributed by atoms with Crippen LogP contribution in [0.5, 0.6) is 5.75 Å². The van der Waals surface area contributed by atoms with E-state index in [0.29, 0.717) is 21.5 Å². The number of amides is 3. The molecule has 0 radical (unpaired) electrons. The van der Waals surface area contributed by atoms with E-state index < -0.39 is 40.7 Å². The molecule has 0 bridgehead atoms. The number of nitro groups is 1. The van der Waals surface area contributed by atoms with E-state index in [1.807, 2.05) is 0 Å². The van der Waals surface area contributed by atoms with Crippen molar-refractivity contribution in [2.45, 2.75) is 18.7 Å². The van der Waals surface area contributed by atoms with Gasteiger partial charge in [-0.15, -0.1) is 0 Å². The summed E-state index contributed by atoms with van der Waals surface area (Å²) in [6, 6.07) is 16.8. The number of carbonyl (C=O) groups is 3. The molecule has 38 heavy (non-hydrogen) atoms. The lowest BCUT2D eigenvalue weighted by Crippen LogP contribution is -2.37. The smallest absolute Gasteiger partial charge is 0.274 e. The molecule has 0 saturated carbocycles. The van der Waals surface area contributed by atoms with Gasteiger partial charge in [-0.1, -0.05) is 34.1 Å². The third-order valence-electron chi connectivity index (χ3n) is 6.61. The largest absolute Gasteiger partial charge is 0.496 e. The van der Waals surface area contributed by atoms with Crippen molar-refractivity contribution in [2.75, 3.05) is 12.0 Å². The van der Waals surface area contributed by atoms with Gasteiger partial charge in [-0.25, -0.2) is 4.90 Å². The first-order valence-electron chi connectivity index (χ1n) is 11.5. The van der Waals surface area contributed by atoms with Crippen molar-refractivity contribution in [3.63, 3.8) is 0 Å². The molecule has 12 heteroatoms. The van der Waals surface area contributed by atoms with Crippen LogP contribution in [0, 0.1) is 16.0 Å². The number of hydroxylamine groups is 2. The maximum Gasteiger partial charge on any atom is 0.274 e. The third kappa shape index (κ3) is 4.32. The molecule has 11 nitrogen and oxygen atoms in total. The Kier molecular flexibility index (Phi) is 6.69. The average Bonchev–Trinajstić information content (AvgIpc) is 3.38. The number of fused-ring (bicyclic) bond motifs is 1. The Morgan fingerprint density at radius 2 is 1.84 bits per heavy atom. The first-order valence-corrected chi connectivity index (χ1v) is 12.3. The molecule has 3 aromatic carbocycles. The number of rotatable bonds is 7. The van der Waals surface area contributed by atoms with Gasteiger partial charge in [-0.2, -0.15) is 5.06 Å². The van der Waals surface area contributed by atoms with Gasteiger partial charge in [0, 0.05) is 27.2 Å². The molecule has 0 spiro atoms. The molecule has 2 fully saturated rings. The number of hydrogen-bond acceptors (Lipinski definition) is 8. The van der Waals surface area contributed by atoms with Gasteiger partial charge < -0.3 is 10.5 Å². The van der Waals surface area contributed by atoms with Gasteiger partial charge >= 0.3 is 0 Å². The molecular formula is C26H21BrN4O7. The van der Waals surface area contributed by atoms with Crippen molar-refractivity contribution in [3.05, 3.63) is 98.0 Å². The van der Waals surface area contributed by atoms with E-state index in [2.05, 4.69) is 15.9 Å². The normalized spacial score (nSPS) is 21.0. The average molecular weight is 581 g/mol. The zero-order valence-corrected chi connectivity index (χ0v) is 21.5.